The Morgan fingerprint density at radius 2 is 1.83 bits per heavy atom. The molecule has 0 aromatic heterocycles. The molecule has 0 saturated heterocycles. The molecular formula is C11H19NO6. The van der Waals surface area contributed by atoms with Crippen molar-refractivity contribution in [2.45, 2.75) is 0 Å². The molecule has 0 aliphatic carbocycles. The van der Waals surface area contributed by atoms with Gasteiger partial charge in [-0.15, -0.1) is 6.58 Å². The summed E-state index contributed by atoms with van der Waals surface area (Å²) in [5.74, 6) is -1.48. The van der Waals surface area contributed by atoms with Crippen LogP contribution < -0.4 is 5.32 Å². The fourth-order valence-electron chi connectivity index (χ4n) is 0.931. The highest BCUT2D eigenvalue weighted by Crippen LogP contribution is 1.80. The molecule has 7 nitrogen and oxygen atoms in total. The normalized spacial score (nSPS) is 10.0. The van der Waals surface area contributed by atoms with E-state index in [-0.39, 0.29) is 12.5 Å². The van der Waals surface area contributed by atoms with E-state index < -0.39 is 12.6 Å². The van der Waals surface area contributed by atoms with Crippen LogP contribution in [-0.4, -0.2) is 63.2 Å². The molecule has 0 saturated carbocycles. The Hall–Kier alpha value is -1.44. The molecule has 0 bridgehead atoms. The van der Waals surface area contributed by atoms with Gasteiger partial charge in [0.2, 0.25) is 5.91 Å². The summed E-state index contributed by atoms with van der Waals surface area (Å²) in [7, 11) is 0. The molecule has 0 aromatic rings. The second-order valence-corrected chi connectivity index (χ2v) is 3.21. The molecule has 0 fully saturated rings. The van der Waals surface area contributed by atoms with Gasteiger partial charge in [0.05, 0.1) is 26.4 Å². The van der Waals surface area contributed by atoms with Crippen molar-refractivity contribution in [1.29, 1.82) is 0 Å². The summed E-state index contributed by atoms with van der Waals surface area (Å²) in [6.07, 6.45) is 1.65. The van der Waals surface area contributed by atoms with Crippen LogP contribution in [0.5, 0.6) is 0 Å². The van der Waals surface area contributed by atoms with Crippen LogP contribution in [-0.2, 0) is 23.8 Å². The van der Waals surface area contributed by atoms with E-state index in [2.05, 4.69) is 16.6 Å². The third-order valence-corrected chi connectivity index (χ3v) is 1.63. The van der Waals surface area contributed by atoms with Crippen LogP contribution in [0.4, 0.5) is 0 Å². The minimum atomic E-state index is -1.11. The average molecular weight is 261 g/mol. The SMILES string of the molecule is C=CCOCCOCCNC(=O)COCC(=O)O. The second kappa shape index (κ2) is 12.0. The highest BCUT2D eigenvalue weighted by atomic mass is 16.5. The van der Waals surface area contributed by atoms with E-state index in [4.69, 9.17) is 14.6 Å². The van der Waals surface area contributed by atoms with E-state index in [0.717, 1.165) is 0 Å². The molecular weight excluding hydrogens is 242 g/mol. The number of nitrogens with one attached hydrogen (secondary N) is 1. The van der Waals surface area contributed by atoms with Gasteiger partial charge in [0.25, 0.3) is 0 Å². The number of aliphatic carboxylic acids is 1. The third-order valence-electron chi connectivity index (χ3n) is 1.63. The Kier molecular flexibility index (Phi) is 11.1. The number of ether oxygens (including phenoxy) is 3. The maximum absolute atomic E-state index is 11.1. The largest absolute Gasteiger partial charge is 0.480 e. The van der Waals surface area contributed by atoms with Gasteiger partial charge in [-0.25, -0.2) is 4.79 Å². The van der Waals surface area contributed by atoms with Crippen LogP contribution >= 0.6 is 0 Å². The Morgan fingerprint density at radius 1 is 1.11 bits per heavy atom. The Bertz CT molecular complexity index is 256. The van der Waals surface area contributed by atoms with E-state index in [0.29, 0.717) is 33.0 Å². The number of hydrogen-bond acceptors (Lipinski definition) is 5. The second-order valence-electron chi connectivity index (χ2n) is 3.21. The smallest absolute Gasteiger partial charge is 0.329 e. The molecule has 104 valence electrons. The molecule has 0 spiro atoms. The van der Waals surface area contributed by atoms with Gasteiger partial charge in [-0.1, -0.05) is 6.08 Å². The number of carbonyl (C=O) groups is 2. The van der Waals surface area contributed by atoms with Gasteiger partial charge >= 0.3 is 5.97 Å². The standard InChI is InChI=1S/C11H19NO6/c1-2-4-16-6-7-17-5-3-12-10(13)8-18-9-11(14)15/h2H,1,3-9H2,(H,12,13)(H,14,15). The van der Waals surface area contributed by atoms with Crippen molar-refractivity contribution in [3.8, 4) is 0 Å². The van der Waals surface area contributed by atoms with Gasteiger partial charge in [-0.3, -0.25) is 4.79 Å². The van der Waals surface area contributed by atoms with Gasteiger partial charge in [-0.2, -0.15) is 0 Å². The minimum absolute atomic E-state index is 0.269. The number of carboxylic acid groups (broad SMARTS) is 1. The van der Waals surface area contributed by atoms with Gasteiger partial charge in [0.15, 0.2) is 0 Å². The van der Waals surface area contributed by atoms with Crippen molar-refractivity contribution in [3.63, 3.8) is 0 Å². The summed E-state index contributed by atoms with van der Waals surface area (Å²) in [6, 6.07) is 0. The predicted molar refractivity (Wildman–Crippen MR) is 63.3 cm³/mol. The minimum Gasteiger partial charge on any atom is -0.480 e. The van der Waals surface area contributed by atoms with Crippen molar-refractivity contribution in [1.82, 2.24) is 5.32 Å². The molecule has 0 unspecified atom stereocenters. The molecule has 0 aliphatic rings. The maximum atomic E-state index is 11.1. The highest BCUT2D eigenvalue weighted by Gasteiger charge is 2.02. The molecule has 1 amide bonds. The van der Waals surface area contributed by atoms with Gasteiger partial charge in [0, 0.05) is 6.54 Å². The van der Waals surface area contributed by atoms with E-state index in [1.54, 1.807) is 6.08 Å². The van der Waals surface area contributed by atoms with Crippen LogP contribution in [0, 0.1) is 0 Å². The van der Waals surface area contributed by atoms with E-state index >= 15 is 0 Å². The number of amides is 1. The zero-order chi connectivity index (χ0) is 13.6. The summed E-state index contributed by atoms with van der Waals surface area (Å²) < 4.78 is 14.8. The molecule has 18 heavy (non-hydrogen) atoms. The quantitative estimate of drug-likeness (QED) is 0.361. The number of rotatable bonds is 12. The van der Waals surface area contributed by atoms with Crippen molar-refractivity contribution in [2.24, 2.45) is 0 Å². The van der Waals surface area contributed by atoms with E-state index in [1.165, 1.54) is 0 Å². The van der Waals surface area contributed by atoms with Crippen LogP contribution in [0.1, 0.15) is 0 Å². The number of carboxylic acids is 1. The molecule has 0 atom stereocenters. The third kappa shape index (κ3) is 12.6. The molecule has 0 aromatic carbocycles. The molecule has 2 N–H and O–H groups in total. The molecule has 0 aliphatic heterocycles. The van der Waals surface area contributed by atoms with E-state index in [1.807, 2.05) is 0 Å². The Labute approximate surface area is 106 Å². The highest BCUT2D eigenvalue weighted by molar-refractivity contribution is 5.77. The summed E-state index contributed by atoms with van der Waals surface area (Å²) in [5.41, 5.74) is 0. The first-order valence-electron chi connectivity index (χ1n) is 5.49. The van der Waals surface area contributed by atoms with Crippen LogP contribution in [0.3, 0.4) is 0 Å². The number of carbonyl (C=O) groups excluding carboxylic acids is 1. The van der Waals surface area contributed by atoms with Crippen LogP contribution in [0.25, 0.3) is 0 Å². The lowest BCUT2D eigenvalue weighted by Gasteiger charge is -2.06. The average Bonchev–Trinajstić information content (AvgIpc) is 2.32. The molecule has 0 radical (unpaired) electrons. The number of hydrogen-bond donors (Lipinski definition) is 2. The van der Waals surface area contributed by atoms with Gasteiger partial charge in [-0.05, 0) is 0 Å². The van der Waals surface area contributed by atoms with Crippen LogP contribution in [0.2, 0.25) is 0 Å². The Balaban J connectivity index is 3.20. The lowest BCUT2D eigenvalue weighted by atomic mass is 10.6. The Morgan fingerprint density at radius 3 is 2.50 bits per heavy atom. The first-order valence-corrected chi connectivity index (χ1v) is 5.49. The fraction of sp³-hybridized carbons (Fsp3) is 0.636. The lowest BCUT2D eigenvalue weighted by molar-refractivity contribution is -0.143. The summed E-state index contributed by atoms with van der Waals surface area (Å²) in [5, 5.41) is 10.8. The van der Waals surface area contributed by atoms with Gasteiger partial charge < -0.3 is 24.6 Å². The molecule has 7 heteroatoms. The first-order chi connectivity index (χ1) is 8.66. The lowest BCUT2D eigenvalue weighted by Crippen LogP contribution is -2.31. The fourth-order valence-corrected chi connectivity index (χ4v) is 0.931. The zero-order valence-corrected chi connectivity index (χ0v) is 10.2. The molecule has 0 rings (SSSR count). The van der Waals surface area contributed by atoms with Gasteiger partial charge in [0.1, 0.15) is 13.2 Å². The predicted octanol–water partition coefficient (Wildman–Crippen LogP) is -0.577. The summed E-state index contributed by atoms with van der Waals surface area (Å²) in [4.78, 5) is 21.2. The first kappa shape index (κ1) is 16.6. The zero-order valence-electron chi connectivity index (χ0n) is 10.2. The maximum Gasteiger partial charge on any atom is 0.329 e. The topological polar surface area (TPSA) is 94.1 Å². The van der Waals surface area contributed by atoms with Crippen molar-refractivity contribution >= 4 is 11.9 Å². The van der Waals surface area contributed by atoms with Crippen molar-refractivity contribution < 1.29 is 28.9 Å². The van der Waals surface area contributed by atoms with E-state index in [9.17, 15) is 9.59 Å². The van der Waals surface area contributed by atoms with Crippen LogP contribution in [0.15, 0.2) is 12.7 Å². The monoisotopic (exact) mass is 261 g/mol. The van der Waals surface area contributed by atoms with Crippen molar-refractivity contribution in [2.75, 3.05) is 46.2 Å². The molecule has 0 heterocycles. The summed E-state index contributed by atoms with van der Waals surface area (Å²) in [6.45, 7) is 4.86. The van der Waals surface area contributed by atoms with Crippen molar-refractivity contribution in [3.05, 3.63) is 12.7 Å². The summed E-state index contributed by atoms with van der Waals surface area (Å²) >= 11 is 0.